The molecule has 0 aliphatic heterocycles. The number of Topliss-reactive ketones (excluding diaryl/α,β-unsaturated/α-hetero) is 1. The molecular weight excluding hydrogens is 150 g/mol. The van der Waals surface area contributed by atoms with Crippen LogP contribution in [0, 0.1) is 11.8 Å². The van der Waals surface area contributed by atoms with Crippen LogP contribution in [0.15, 0.2) is 0 Å². The highest BCUT2D eigenvalue weighted by molar-refractivity contribution is 5.78. The molecule has 12 heavy (non-hydrogen) atoms. The Hall–Kier alpha value is -0.370. The Labute approximate surface area is 74.7 Å². The van der Waals surface area contributed by atoms with Crippen molar-refractivity contribution in [2.45, 2.75) is 32.6 Å². The van der Waals surface area contributed by atoms with Crippen LogP contribution in [0.25, 0.3) is 0 Å². The largest absolute Gasteiger partial charge is 0.320 e. The van der Waals surface area contributed by atoms with E-state index in [0.29, 0.717) is 11.7 Å². The van der Waals surface area contributed by atoms with Crippen molar-refractivity contribution in [3.05, 3.63) is 0 Å². The van der Waals surface area contributed by atoms with E-state index in [1.807, 2.05) is 7.05 Å². The number of nitrogens with one attached hydrogen (secondary N) is 1. The van der Waals surface area contributed by atoms with Gasteiger partial charge in [0.2, 0.25) is 0 Å². The molecule has 1 rings (SSSR count). The molecule has 0 aromatic carbocycles. The fourth-order valence-corrected chi connectivity index (χ4v) is 2.05. The van der Waals surface area contributed by atoms with Gasteiger partial charge in [-0.15, -0.1) is 0 Å². The van der Waals surface area contributed by atoms with Crippen molar-refractivity contribution >= 4 is 5.78 Å². The molecule has 1 saturated carbocycles. The second-order valence-electron chi connectivity index (χ2n) is 3.88. The second-order valence-corrected chi connectivity index (χ2v) is 3.88. The van der Waals surface area contributed by atoms with Gasteiger partial charge in [-0.25, -0.2) is 0 Å². The average Bonchev–Trinajstić information content (AvgIpc) is 2.48. The van der Waals surface area contributed by atoms with Gasteiger partial charge < -0.3 is 5.32 Å². The minimum Gasteiger partial charge on any atom is -0.320 e. The fourth-order valence-electron chi connectivity index (χ4n) is 2.05. The summed E-state index contributed by atoms with van der Waals surface area (Å²) in [6, 6.07) is 0. The maximum atomic E-state index is 11.0. The van der Waals surface area contributed by atoms with E-state index in [0.717, 1.165) is 25.3 Å². The molecule has 2 heteroatoms. The van der Waals surface area contributed by atoms with Gasteiger partial charge in [0.15, 0.2) is 0 Å². The third-order valence-electron chi connectivity index (χ3n) is 2.92. The number of carbonyl (C=O) groups is 1. The standard InChI is InChI=1S/C10H19NO/c1-8(12)10-4-3-9(7-10)5-6-11-2/h9-11H,3-7H2,1-2H3. The van der Waals surface area contributed by atoms with Crippen LogP contribution in [0.3, 0.4) is 0 Å². The Morgan fingerprint density at radius 1 is 1.50 bits per heavy atom. The van der Waals surface area contributed by atoms with Gasteiger partial charge >= 0.3 is 0 Å². The molecule has 2 unspecified atom stereocenters. The van der Waals surface area contributed by atoms with Crippen LogP contribution in [0.1, 0.15) is 32.6 Å². The number of hydrogen-bond donors (Lipinski definition) is 1. The summed E-state index contributed by atoms with van der Waals surface area (Å²) in [5.74, 6) is 1.57. The smallest absolute Gasteiger partial charge is 0.132 e. The van der Waals surface area contributed by atoms with E-state index < -0.39 is 0 Å². The quantitative estimate of drug-likeness (QED) is 0.692. The highest BCUT2D eigenvalue weighted by Crippen LogP contribution is 2.33. The summed E-state index contributed by atoms with van der Waals surface area (Å²) in [5.41, 5.74) is 0. The Kier molecular flexibility index (Phi) is 3.73. The summed E-state index contributed by atoms with van der Waals surface area (Å²) in [6.45, 7) is 2.82. The Morgan fingerprint density at radius 3 is 2.75 bits per heavy atom. The third-order valence-corrected chi connectivity index (χ3v) is 2.92. The zero-order valence-electron chi connectivity index (χ0n) is 8.10. The summed E-state index contributed by atoms with van der Waals surface area (Å²) in [6.07, 6.45) is 4.76. The van der Waals surface area contributed by atoms with Crippen molar-refractivity contribution in [3.8, 4) is 0 Å². The maximum absolute atomic E-state index is 11.0. The van der Waals surface area contributed by atoms with Crippen molar-refractivity contribution in [3.63, 3.8) is 0 Å². The molecule has 70 valence electrons. The van der Waals surface area contributed by atoms with Crippen LogP contribution in [-0.4, -0.2) is 19.4 Å². The van der Waals surface area contributed by atoms with Gasteiger partial charge in [0.25, 0.3) is 0 Å². The predicted molar refractivity (Wildman–Crippen MR) is 50.1 cm³/mol. The van der Waals surface area contributed by atoms with Crippen molar-refractivity contribution < 1.29 is 4.79 Å². The van der Waals surface area contributed by atoms with Gasteiger partial charge in [0.05, 0.1) is 0 Å². The SMILES string of the molecule is CNCCC1CCC(C(C)=O)C1. The van der Waals surface area contributed by atoms with Crippen LogP contribution in [0.5, 0.6) is 0 Å². The number of carbonyl (C=O) groups excluding carboxylic acids is 1. The summed E-state index contributed by atoms with van der Waals surface area (Å²) >= 11 is 0. The first-order chi connectivity index (χ1) is 5.74. The Balaban J connectivity index is 2.21. The van der Waals surface area contributed by atoms with Gasteiger partial charge in [-0.3, -0.25) is 4.79 Å². The van der Waals surface area contributed by atoms with Crippen LogP contribution >= 0.6 is 0 Å². The number of rotatable bonds is 4. The first kappa shape index (κ1) is 9.72. The van der Waals surface area contributed by atoms with Crippen molar-refractivity contribution in [2.75, 3.05) is 13.6 Å². The van der Waals surface area contributed by atoms with E-state index in [9.17, 15) is 4.79 Å². The number of ketones is 1. The monoisotopic (exact) mass is 169 g/mol. The zero-order chi connectivity index (χ0) is 8.97. The molecule has 0 spiro atoms. The molecular formula is C10H19NO. The highest BCUT2D eigenvalue weighted by Gasteiger charge is 2.26. The van der Waals surface area contributed by atoms with E-state index in [2.05, 4.69) is 5.32 Å². The highest BCUT2D eigenvalue weighted by atomic mass is 16.1. The molecule has 0 aromatic heterocycles. The van der Waals surface area contributed by atoms with Crippen molar-refractivity contribution in [1.82, 2.24) is 5.32 Å². The van der Waals surface area contributed by atoms with Gasteiger partial charge in [-0.05, 0) is 52.1 Å². The first-order valence-corrected chi connectivity index (χ1v) is 4.89. The lowest BCUT2D eigenvalue weighted by Crippen LogP contribution is -2.12. The molecule has 1 fully saturated rings. The summed E-state index contributed by atoms with van der Waals surface area (Å²) in [7, 11) is 1.98. The van der Waals surface area contributed by atoms with Crippen molar-refractivity contribution in [2.24, 2.45) is 11.8 Å². The normalized spacial score (nSPS) is 29.2. The molecule has 1 N–H and O–H groups in total. The molecule has 1 aliphatic carbocycles. The van der Waals surface area contributed by atoms with Crippen molar-refractivity contribution in [1.29, 1.82) is 0 Å². The summed E-state index contributed by atoms with van der Waals surface area (Å²) in [5, 5.41) is 3.15. The minimum atomic E-state index is 0.381. The summed E-state index contributed by atoms with van der Waals surface area (Å²) < 4.78 is 0. The molecule has 2 atom stereocenters. The predicted octanol–water partition coefficient (Wildman–Crippen LogP) is 1.60. The third kappa shape index (κ3) is 2.59. The van der Waals surface area contributed by atoms with E-state index in [4.69, 9.17) is 0 Å². The Bertz CT molecular complexity index is 156. The average molecular weight is 169 g/mol. The summed E-state index contributed by atoms with van der Waals surface area (Å²) in [4.78, 5) is 11.0. The molecule has 0 amide bonds. The minimum absolute atomic E-state index is 0.381. The molecule has 0 radical (unpaired) electrons. The lowest BCUT2D eigenvalue weighted by Gasteiger charge is -2.08. The number of hydrogen-bond acceptors (Lipinski definition) is 2. The molecule has 1 aliphatic rings. The maximum Gasteiger partial charge on any atom is 0.132 e. The van der Waals surface area contributed by atoms with Crippen LogP contribution < -0.4 is 5.32 Å². The molecule has 0 saturated heterocycles. The lowest BCUT2D eigenvalue weighted by atomic mass is 9.99. The second kappa shape index (κ2) is 4.61. The molecule has 0 aromatic rings. The molecule has 0 heterocycles. The van der Waals surface area contributed by atoms with E-state index in [1.54, 1.807) is 6.92 Å². The van der Waals surface area contributed by atoms with Gasteiger partial charge in [-0.1, -0.05) is 0 Å². The van der Waals surface area contributed by atoms with Crippen LogP contribution in [-0.2, 0) is 4.79 Å². The van der Waals surface area contributed by atoms with Gasteiger partial charge in [-0.2, -0.15) is 0 Å². The van der Waals surface area contributed by atoms with E-state index >= 15 is 0 Å². The van der Waals surface area contributed by atoms with Gasteiger partial charge in [0, 0.05) is 5.92 Å². The van der Waals surface area contributed by atoms with Crippen LogP contribution in [0.4, 0.5) is 0 Å². The zero-order valence-corrected chi connectivity index (χ0v) is 8.10. The van der Waals surface area contributed by atoms with Gasteiger partial charge in [0.1, 0.15) is 5.78 Å². The van der Waals surface area contributed by atoms with E-state index in [-0.39, 0.29) is 0 Å². The first-order valence-electron chi connectivity index (χ1n) is 4.89. The van der Waals surface area contributed by atoms with Crippen LogP contribution in [0.2, 0.25) is 0 Å². The topological polar surface area (TPSA) is 29.1 Å². The Morgan fingerprint density at radius 2 is 2.25 bits per heavy atom. The van der Waals surface area contributed by atoms with E-state index in [1.165, 1.54) is 12.8 Å². The lowest BCUT2D eigenvalue weighted by molar-refractivity contribution is -0.120. The molecule has 0 bridgehead atoms. The fraction of sp³-hybridized carbons (Fsp3) is 0.900. The molecule has 2 nitrogen and oxygen atoms in total.